The van der Waals surface area contributed by atoms with E-state index in [-0.39, 0.29) is 11.7 Å². The van der Waals surface area contributed by atoms with Gasteiger partial charge in [0.2, 0.25) is 0 Å². The second-order valence-electron chi connectivity index (χ2n) is 4.32. The highest BCUT2D eigenvalue weighted by atomic mass is 19.1. The van der Waals surface area contributed by atoms with Gasteiger partial charge in [0.15, 0.2) is 0 Å². The van der Waals surface area contributed by atoms with Gasteiger partial charge in [0.05, 0.1) is 11.7 Å². The fraction of sp³-hybridized carbons (Fsp3) is 0.462. The molecular formula is C13H15FO3. The van der Waals surface area contributed by atoms with Crippen LogP contribution in [-0.2, 0) is 0 Å². The van der Waals surface area contributed by atoms with E-state index < -0.39 is 11.8 Å². The molecular weight excluding hydrogens is 223 g/mol. The first-order chi connectivity index (χ1) is 8.16. The van der Waals surface area contributed by atoms with Gasteiger partial charge in [-0.3, -0.25) is 0 Å². The number of carboxylic acid groups (broad SMARTS) is 1. The minimum absolute atomic E-state index is 0.138. The molecule has 1 aromatic rings. The Hall–Kier alpha value is -1.58. The number of aromatic carboxylic acids is 1. The van der Waals surface area contributed by atoms with Gasteiger partial charge in [0, 0.05) is 6.07 Å². The summed E-state index contributed by atoms with van der Waals surface area (Å²) >= 11 is 0. The van der Waals surface area contributed by atoms with E-state index in [9.17, 15) is 9.18 Å². The first-order valence-corrected chi connectivity index (χ1v) is 5.86. The zero-order valence-corrected chi connectivity index (χ0v) is 9.49. The van der Waals surface area contributed by atoms with Crippen LogP contribution in [0.5, 0.6) is 5.75 Å². The molecule has 0 spiro atoms. The molecule has 17 heavy (non-hydrogen) atoms. The van der Waals surface area contributed by atoms with E-state index in [4.69, 9.17) is 9.84 Å². The van der Waals surface area contributed by atoms with Crippen molar-refractivity contribution in [2.75, 3.05) is 0 Å². The maximum Gasteiger partial charge on any atom is 0.338 e. The van der Waals surface area contributed by atoms with Gasteiger partial charge in [0.25, 0.3) is 0 Å². The molecule has 1 N–H and O–H groups in total. The molecule has 0 heterocycles. The molecule has 1 fully saturated rings. The van der Waals surface area contributed by atoms with Crippen LogP contribution in [-0.4, -0.2) is 17.2 Å². The number of hydrogen-bond acceptors (Lipinski definition) is 2. The topological polar surface area (TPSA) is 46.5 Å². The summed E-state index contributed by atoms with van der Waals surface area (Å²) in [5, 5.41) is 8.70. The van der Waals surface area contributed by atoms with E-state index in [2.05, 4.69) is 0 Å². The molecule has 1 aliphatic carbocycles. The van der Waals surface area contributed by atoms with Crippen molar-refractivity contribution in [1.29, 1.82) is 0 Å². The van der Waals surface area contributed by atoms with Gasteiger partial charge in [-0.15, -0.1) is 0 Å². The van der Waals surface area contributed by atoms with Crippen LogP contribution in [0.1, 0.15) is 42.5 Å². The van der Waals surface area contributed by atoms with Gasteiger partial charge in [-0.05, 0) is 37.8 Å². The Bertz CT molecular complexity index is 411. The molecule has 4 heteroatoms. The minimum Gasteiger partial charge on any atom is -0.490 e. The zero-order valence-electron chi connectivity index (χ0n) is 9.49. The van der Waals surface area contributed by atoms with Crippen LogP contribution < -0.4 is 4.74 Å². The van der Waals surface area contributed by atoms with Crippen molar-refractivity contribution in [2.24, 2.45) is 0 Å². The summed E-state index contributed by atoms with van der Waals surface area (Å²) in [6.07, 6.45) is 5.62. The fourth-order valence-corrected chi connectivity index (χ4v) is 2.12. The molecule has 0 bridgehead atoms. The van der Waals surface area contributed by atoms with Crippen molar-refractivity contribution < 1.29 is 19.0 Å². The lowest BCUT2D eigenvalue weighted by Crippen LogP contribution is -2.19. The first kappa shape index (κ1) is 11.9. The van der Waals surface area contributed by atoms with Crippen LogP contribution in [0, 0.1) is 5.82 Å². The normalized spacial score (nSPS) is 16.8. The standard InChI is InChI=1S/C13H15FO3/c14-12-8-10(6-7-11(12)13(15)16)17-9-4-2-1-3-5-9/h6-9H,1-5H2,(H,15,16). The average molecular weight is 238 g/mol. The van der Waals surface area contributed by atoms with E-state index >= 15 is 0 Å². The number of benzene rings is 1. The Kier molecular flexibility index (Phi) is 3.61. The van der Waals surface area contributed by atoms with E-state index in [0.717, 1.165) is 31.7 Å². The number of hydrogen-bond donors (Lipinski definition) is 1. The number of ether oxygens (including phenoxy) is 1. The highest BCUT2D eigenvalue weighted by molar-refractivity contribution is 5.88. The van der Waals surface area contributed by atoms with E-state index in [1.54, 1.807) is 0 Å². The monoisotopic (exact) mass is 238 g/mol. The molecule has 1 aliphatic rings. The van der Waals surface area contributed by atoms with Crippen molar-refractivity contribution in [1.82, 2.24) is 0 Å². The Labute approximate surface area is 99.2 Å². The third-order valence-corrected chi connectivity index (χ3v) is 3.03. The first-order valence-electron chi connectivity index (χ1n) is 5.86. The van der Waals surface area contributed by atoms with Crippen LogP contribution in [0.25, 0.3) is 0 Å². The van der Waals surface area contributed by atoms with Crippen LogP contribution >= 0.6 is 0 Å². The van der Waals surface area contributed by atoms with Crippen LogP contribution in [0.4, 0.5) is 4.39 Å². The number of carboxylic acids is 1. The molecule has 0 aliphatic heterocycles. The van der Waals surface area contributed by atoms with Crippen molar-refractivity contribution in [2.45, 2.75) is 38.2 Å². The Balaban J connectivity index is 2.06. The van der Waals surface area contributed by atoms with Gasteiger partial charge >= 0.3 is 5.97 Å². The molecule has 0 unspecified atom stereocenters. The van der Waals surface area contributed by atoms with Crippen molar-refractivity contribution in [3.8, 4) is 5.75 Å². The largest absolute Gasteiger partial charge is 0.490 e. The number of rotatable bonds is 3. The van der Waals surface area contributed by atoms with Crippen molar-refractivity contribution in [3.63, 3.8) is 0 Å². The second-order valence-corrected chi connectivity index (χ2v) is 4.32. The van der Waals surface area contributed by atoms with Crippen LogP contribution in [0.15, 0.2) is 18.2 Å². The molecule has 3 nitrogen and oxygen atoms in total. The second kappa shape index (κ2) is 5.17. The Morgan fingerprint density at radius 3 is 2.59 bits per heavy atom. The highest BCUT2D eigenvalue weighted by Crippen LogP contribution is 2.24. The minimum atomic E-state index is -1.26. The molecule has 0 atom stereocenters. The summed E-state index contributed by atoms with van der Waals surface area (Å²) in [4.78, 5) is 10.6. The van der Waals surface area contributed by atoms with Crippen LogP contribution in [0.3, 0.4) is 0 Å². The van der Waals surface area contributed by atoms with Gasteiger partial charge < -0.3 is 9.84 Å². The third-order valence-electron chi connectivity index (χ3n) is 3.03. The smallest absolute Gasteiger partial charge is 0.338 e. The zero-order chi connectivity index (χ0) is 12.3. The lowest BCUT2D eigenvalue weighted by atomic mass is 9.98. The van der Waals surface area contributed by atoms with Crippen molar-refractivity contribution >= 4 is 5.97 Å². The molecule has 92 valence electrons. The molecule has 1 saturated carbocycles. The van der Waals surface area contributed by atoms with E-state index in [1.165, 1.54) is 18.6 Å². The summed E-state index contributed by atoms with van der Waals surface area (Å²) in [5.41, 5.74) is -0.319. The highest BCUT2D eigenvalue weighted by Gasteiger charge is 2.16. The maximum absolute atomic E-state index is 13.4. The molecule has 2 rings (SSSR count). The maximum atomic E-state index is 13.4. The van der Waals surface area contributed by atoms with E-state index in [0.29, 0.717) is 5.75 Å². The fourth-order valence-electron chi connectivity index (χ4n) is 2.12. The van der Waals surface area contributed by atoms with Gasteiger partial charge in [-0.2, -0.15) is 0 Å². The number of halogens is 1. The third kappa shape index (κ3) is 2.96. The number of carbonyl (C=O) groups is 1. The molecule has 1 aromatic carbocycles. The predicted octanol–water partition coefficient (Wildman–Crippen LogP) is 3.24. The van der Waals surface area contributed by atoms with E-state index in [1.807, 2.05) is 0 Å². The Morgan fingerprint density at radius 2 is 2.00 bits per heavy atom. The molecule has 0 saturated heterocycles. The molecule has 0 aromatic heterocycles. The summed E-state index contributed by atoms with van der Waals surface area (Å²) in [5.74, 6) is -1.59. The van der Waals surface area contributed by atoms with Gasteiger partial charge in [-0.1, -0.05) is 6.42 Å². The summed E-state index contributed by atoms with van der Waals surface area (Å²) in [7, 11) is 0. The predicted molar refractivity (Wildman–Crippen MR) is 60.9 cm³/mol. The van der Waals surface area contributed by atoms with Crippen LogP contribution in [0.2, 0.25) is 0 Å². The van der Waals surface area contributed by atoms with Gasteiger partial charge in [0.1, 0.15) is 11.6 Å². The lowest BCUT2D eigenvalue weighted by Gasteiger charge is -2.23. The summed E-state index contributed by atoms with van der Waals surface area (Å²) in [6.45, 7) is 0. The average Bonchev–Trinajstić information content (AvgIpc) is 2.30. The summed E-state index contributed by atoms with van der Waals surface area (Å²) in [6, 6.07) is 3.91. The van der Waals surface area contributed by atoms with Crippen molar-refractivity contribution in [3.05, 3.63) is 29.6 Å². The molecule has 0 radical (unpaired) electrons. The quantitative estimate of drug-likeness (QED) is 0.879. The Morgan fingerprint density at radius 1 is 1.29 bits per heavy atom. The van der Waals surface area contributed by atoms with Gasteiger partial charge in [-0.25, -0.2) is 9.18 Å². The SMILES string of the molecule is O=C(O)c1ccc(OC2CCCCC2)cc1F. The lowest BCUT2D eigenvalue weighted by molar-refractivity contribution is 0.0691. The molecule has 0 amide bonds. The summed E-state index contributed by atoms with van der Waals surface area (Å²) < 4.78 is 19.0.